The van der Waals surface area contributed by atoms with Crippen molar-refractivity contribution in [3.05, 3.63) is 36.9 Å². The lowest BCUT2D eigenvalue weighted by Gasteiger charge is -2.30. The number of aryl methyl sites for hydroxylation is 1. The van der Waals surface area contributed by atoms with Gasteiger partial charge in [0.15, 0.2) is 0 Å². The molecule has 1 aliphatic rings. The first-order chi connectivity index (χ1) is 16.2. The number of nitrogens with zero attached hydrogens (tertiary/aromatic N) is 3. The maximum Gasteiger partial charge on any atom is 0.222 e. The minimum atomic E-state index is -0.0766. The van der Waals surface area contributed by atoms with Crippen LogP contribution in [0.25, 0.3) is 0 Å². The van der Waals surface area contributed by atoms with Crippen molar-refractivity contribution >= 4 is 33.4 Å². The van der Waals surface area contributed by atoms with Crippen LogP contribution < -0.4 is 10.6 Å². The molecule has 2 aromatic rings. The van der Waals surface area contributed by atoms with Crippen LogP contribution in [0.4, 0.5) is 0 Å². The van der Waals surface area contributed by atoms with Crippen LogP contribution in [0.5, 0.6) is 0 Å². The molecular formula is C21H32N6O4S2. The van der Waals surface area contributed by atoms with Gasteiger partial charge in [-0.3, -0.25) is 9.59 Å². The lowest BCUT2D eigenvalue weighted by atomic mass is 10.2. The zero-order valence-electron chi connectivity index (χ0n) is 18.6. The SMILES string of the molecule is O=C(CCO[C@@H]1CSSC[C@H]1OCCC(=O)NCCc1cnc[nH]1)NCCCn1ccnc1. The second-order valence-corrected chi connectivity index (χ2v) is 10.1. The fourth-order valence-electron chi connectivity index (χ4n) is 3.21. The Bertz CT molecular complexity index is 806. The summed E-state index contributed by atoms with van der Waals surface area (Å²) in [6.07, 6.45) is 10.9. The number of rotatable bonds is 15. The number of aromatic amines is 1. The average molecular weight is 497 g/mol. The van der Waals surface area contributed by atoms with Gasteiger partial charge in [0, 0.05) is 74.7 Å². The van der Waals surface area contributed by atoms with Gasteiger partial charge in [-0.05, 0) is 6.42 Å². The quantitative estimate of drug-likeness (QED) is 0.250. The standard InChI is InChI=1S/C21H32N6O4S2/c28-20(24-5-1-8-27-9-7-22-16-27)3-10-30-18-13-32-33-14-19(18)31-11-4-21(29)25-6-2-17-12-23-15-26-17/h7,9,12,15-16,18-19H,1-6,8,10-11,13-14H2,(H,23,26)(H,24,28)(H,25,29)/t18-,19-/m1/s1. The summed E-state index contributed by atoms with van der Waals surface area (Å²) in [5.74, 6) is 1.56. The van der Waals surface area contributed by atoms with E-state index < -0.39 is 0 Å². The van der Waals surface area contributed by atoms with E-state index in [4.69, 9.17) is 9.47 Å². The predicted molar refractivity (Wildman–Crippen MR) is 129 cm³/mol. The van der Waals surface area contributed by atoms with E-state index in [0.717, 1.165) is 36.6 Å². The smallest absolute Gasteiger partial charge is 0.222 e. The Balaban J connectivity index is 1.23. The molecule has 1 aliphatic heterocycles. The van der Waals surface area contributed by atoms with Gasteiger partial charge in [0.1, 0.15) is 0 Å². The summed E-state index contributed by atoms with van der Waals surface area (Å²) in [5, 5.41) is 5.81. The molecule has 0 bridgehead atoms. The lowest BCUT2D eigenvalue weighted by Crippen LogP contribution is -2.39. The van der Waals surface area contributed by atoms with Crippen LogP contribution in [0.3, 0.4) is 0 Å². The molecule has 182 valence electrons. The van der Waals surface area contributed by atoms with Crippen molar-refractivity contribution in [2.75, 3.05) is 37.8 Å². The van der Waals surface area contributed by atoms with E-state index in [9.17, 15) is 9.59 Å². The Morgan fingerprint density at radius 3 is 2.36 bits per heavy atom. The molecule has 33 heavy (non-hydrogen) atoms. The second-order valence-electron chi connectivity index (χ2n) is 7.57. The zero-order valence-corrected chi connectivity index (χ0v) is 20.2. The zero-order chi connectivity index (χ0) is 23.1. The molecule has 0 aliphatic carbocycles. The number of H-pyrrole nitrogens is 1. The van der Waals surface area contributed by atoms with E-state index in [2.05, 4.69) is 25.6 Å². The molecule has 1 saturated heterocycles. The van der Waals surface area contributed by atoms with Crippen molar-refractivity contribution in [1.29, 1.82) is 0 Å². The summed E-state index contributed by atoms with van der Waals surface area (Å²) in [4.78, 5) is 35.0. The first-order valence-corrected chi connectivity index (χ1v) is 13.6. The first kappa shape index (κ1) is 25.6. The Hall–Kier alpha value is -2.02. The van der Waals surface area contributed by atoms with Crippen molar-refractivity contribution in [3.63, 3.8) is 0 Å². The molecule has 0 radical (unpaired) electrons. The fourth-order valence-corrected chi connectivity index (χ4v) is 5.67. The van der Waals surface area contributed by atoms with Crippen molar-refractivity contribution < 1.29 is 19.1 Å². The third-order valence-electron chi connectivity index (χ3n) is 5.03. The van der Waals surface area contributed by atoms with Gasteiger partial charge in [-0.25, -0.2) is 9.97 Å². The van der Waals surface area contributed by atoms with E-state index in [1.807, 2.05) is 10.8 Å². The molecule has 2 amide bonds. The van der Waals surface area contributed by atoms with Crippen LogP contribution in [0.1, 0.15) is 25.0 Å². The highest BCUT2D eigenvalue weighted by Gasteiger charge is 2.28. The molecule has 12 heteroatoms. The summed E-state index contributed by atoms with van der Waals surface area (Å²) in [6, 6.07) is 0. The van der Waals surface area contributed by atoms with Gasteiger partial charge in [0.05, 0.1) is 38.1 Å². The van der Waals surface area contributed by atoms with E-state index >= 15 is 0 Å². The molecule has 2 aromatic heterocycles. The van der Waals surface area contributed by atoms with Crippen LogP contribution in [0.2, 0.25) is 0 Å². The van der Waals surface area contributed by atoms with Gasteiger partial charge in [0.25, 0.3) is 0 Å². The fraction of sp³-hybridized carbons (Fsp3) is 0.619. The Kier molecular flexibility index (Phi) is 11.6. The van der Waals surface area contributed by atoms with E-state index in [0.29, 0.717) is 39.1 Å². The van der Waals surface area contributed by atoms with E-state index in [-0.39, 0.29) is 24.0 Å². The number of amides is 2. The first-order valence-electron chi connectivity index (χ1n) is 11.1. The number of aromatic nitrogens is 4. The number of hydrogen-bond acceptors (Lipinski definition) is 8. The topological polar surface area (TPSA) is 123 Å². The van der Waals surface area contributed by atoms with Crippen molar-refractivity contribution in [1.82, 2.24) is 30.2 Å². The van der Waals surface area contributed by atoms with Crippen molar-refractivity contribution in [3.8, 4) is 0 Å². The lowest BCUT2D eigenvalue weighted by molar-refractivity contribution is -0.126. The summed E-state index contributed by atoms with van der Waals surface area (Å²) in [7, 11) is 3.49. The maximum absolute atomic E-state index is 12.0. The number of hydrogen-bond donors (Lipinski definition) is 3. The van der Waals surface area contributed by atoms with Gasteiger partial charge < -0.3 is 29.7 Å². The highest BCUT2D eigenvalue weighted by molar-refractivity contribution is 8.76. The molecule has 0 aromatic carbocycles. The Morgan fingerprint density at radius 2 is 1.76 bits per heavy atom. The van der Waals surface area contributed by atoms with E-state index in [1.54, 1.807) is 46.6 Å². The molecule has 3 heterocycles. The van der Waals surface area contributed by atoms with E-state index in [1.165, 1.54) is 0 Å². The summed E-state index contributed by atoms with van der Waals surface area (Å²) in [6.45, 7) is 2.73. The monoisotopic (exact) mass is 496 g/mol. The van der Waals surface area contributed by atoms with Crippen LogP contribution in [-0.4, -0.2) is 81.4 Å². The molecular weight excluding hydrogens is 464 g/mol. The molecule has 1 fully saturated rings. The number of imidazole rings is 2. The highest BCUT2D eigenvalue weighted by atomic mass is 33.1. The summed E-state index contributed by atoms with van der Waals surface area (Å²) >= 11 is 0. The third kappa shape index (κ3) is 10.2. The molecule has 3 rings (SSSR count). The highest BCUT2D eigenvalue weighted by Crippen LogP contribution is 2.32. The number of carbonyl (C=O) groups is 2. The van der Waals surface area contributed by atoms with Gasteiger partial charge in [-0.15, -0.1) is 0 Å². The van der Waals surface area contributed by atoms with Crippen LogP contribution >= 0.6 is 21.6 Å². The van der Waals surface area contributed by atoms with Gasteiger partial charge in [-0.2, -0.15) is 0 Å². The maximum atomic E-state index is 12.0. The largest absolute Gasteiger partial charge is 0.374 e. The Labute approximate surface area is 201 Å². The van der Waals surface area contributed by atoms with Crippen molar-refractivity contribution in [2.45, 2.75) is 44.4 Å². The van der Waals surface area contributed by atoms with Crippen molar-refractivity contribution in [2.24, 2.45) is 0 Å². The molecule has 3 N–H and O–H groups in total. The van der Waals surface area contributed by atoms with Crippen LogP contribution in [-0.2, 0) is 32.0 Å². The second kappa shape index (κ2) is 15.0. The molecule has 0 spiro atoms. The summed E-state index contributed by atoms with van der Waals surface area (Å²) < 4.78 is 13.9. The molecule has 0 saturated carbocycles. The summed E-state index contributed by atoms with van der Waals surface area (Å²) in [5.41, 5.74) is 0.992. The number of nitrogens with one attached hydrogen (secondary N) is 3. The molecule has 10 nitrogen and oxygen atoms in total. The van der Waals surface area contributed by atoms with Crippen LogP contribution in [0.15, 0.2) is 31.2 Å². The van der Waals surface area contributed by atoms with Gasteiger partial charge in [0.2, 0.25) is 11.8 Å². The molecule has 0 unspecified atom stereocenters. The molecule has 2 atom stereocenters. The van der Waals surface area contributed by atoms with Gasteiger partial charge in [-0.1, -0.05) is 21.6 Å². The Morgan fingerprint density at radius 1 is 1.06 bits per heavy atom. The van der Waals surface area contributed by atoms with Gasteiger partial charge >= 0.3 is 0 Å². The normalized spacial score (nSPS) is 18.2. The average Bonchev–Trinajstić information content (AvgIpc) is 3.52. The minimum absolute atomic E-state index is 0.0114. The minimum Gasteiger partial charge on any atom is -0.374 e. The van der Waals surface area contributed by atoms with Crippen LogP contribution in [0, 0.1) is 0 Å². The number of carbonyl (C=O) groups excluding carboxylic acids is 2. The predicted octanol–water partition coefficient (Wildman–Crippen LogP) is 1.42. The number of ether oxygens (including phenoxy) is 2. The third-order valence-corrected chi connectivity index (χ3v) is 7.44.